The topological polar surface area (TPSA) is 68.5 Å². The third kappa shape index (κ3) is 2.97. The lowest BCUT2D eigenvalue weighted by Gasteiger charge is -2.15. The predicted octanol–water partition coefficient (Wildman–Crippen LogP) is 4.77. The molecule has 26 heavy (non-hydrogen) atoms. The number of hydrogen-bond acceptors (Lipinski definition) is 3. The molecule has 0 aliphatic carbocycles. The van der Waals surface area contributed by atoms with Crippen LogP contribution in [-0.2, 0) is 0 Å². The second-order valence-electron chi connectivity index (χ2n) is 5.04. The molecule has 1 N–H and O–H groups in total. The highest BCUT2D eigenvalue weighted by Gasteiger charge is 2.21. The van der Waals surface area contributed by atoms with Crippen molar-refractivity contribution in [3.8, 4) is 11.4 Å². The molecule has 0 atom stereocenters. The average Bonchev–Trinajstić information content (AvgIpc) is 2.55. The van der Waals surface area contributed by atoms with Crippen molar-refractivity contribution in [2.45, 2.75) is 0 Å². The summed E-state index contributed by atoms with van der Waals surface area (Å²) in [6, 6.07) is 3.55. The number of aromatic nitrogens is 1. The fraction of sp³-hybridized carbons (Fsp3) is 0. The van der Waals surface area contributed by atoms with Crippen molar-refractivity contribution < 1.29 is 27.8 Å². The molecule has 0 aliphatic heterocycles. The number of hydrogen-bond donors (Lipinski definition) is 1. The van der Waals surface area contributed by atoms with E-state index in [2.05, 4.69) is 4.74 Å². The Morgan fingerprint density at radius 2 is 1.85 bits per heavy atom. The minimum Gasteiger partial charge on any atom is -0.449 e. The maximum Gasteiger partial charge on any atom is 0.511 e. The van der Waals surface area contributed by atoms with Crippen molar-refractivity contribution in [2.24, 2.45) is 0 Å². The molecule has 0 saturated heterocycles. The number of carboxylic acid groups (broad SMARTS) is 1. The molecule has 1 heterocycles. The first kappa shape index (κ1) is 18.1. The maximum atomic E-state index is 14.2. The Morgan fingerprint density at radius 3 is 2.46 bits per heavy atom. The van der Waals surface area contributed by atoms with E-state index in [4.69, 9.17) is 28.3 Å². The minimum atomic E-state index is -1.82. The largest absolute Gasteiger partial charge is 0.511 e. The summed E-state index contributed by atoms with van der Waals surface area (Å²) in [4.78, 5) is 23.2. The molecule has 2 aromatic carbocycles. The van der Waals surface area contributed by atoms with Crippen LogP contribution in [0, 0.1) is 17.5 Å². The van der Waals surface area contributed by atoms with Gasteiger partial charge >= 0.3 is 6.16 Å². The van der Waals surface area contributed by atoms with Crippen LogP contribution in [0.5, 0.6) is 5.75 Å². The fourth-order valence-electron chi connectivity index (χ4n) is 2.40. The van der Waals surface area contributed by atoms with Gasteiger partial charge < -0.3 is 14.4 Å². The lowest BCUT2D eigenvalue weighted by atomic mass is 10.1. The van der Waals surface area contributed by atoms with E-state index in [9.17, 15) is 22.8 Å². The summed E-state index contributed by atoms with van der Waals surface area (Å²) in [6.07, 6.45) is -0.960. The third-order valence-corrected chi connectivity index (χ3v) is 4.09. The summed E-state index contributed by atoms with van der Waals surface area (Å²) in [5, 5.41) is 7.14. The highest BCUT2D eigenvalue weighted by molar-refractivity contribution is 6.38. The van der Waals surface area contributed by atoms with Crippen molar-refractivity contribution in [2.75, 3.05) is 0 Å². The molecular weight excluding hydrogens is 398 g/mol. The number of rotatable bonds is 2. The summed E-state index contributed by atoms with van der Waals surface area (Å²) >= 11 is 11.6. The first-order valence-electron chi connectivity index (χ1n) is 6.79. The number of carbonyl (C=O) groups is 1. The van der Waals surface area contributed by atoms with Gasteiger partial charge in [-0.05, 0) is 18.2 Å². The second-order valence-corrected chi connectivity index (χ2v) is 5.82. The van der Waals surface area contributed by atoms with Crippen molar-refractivity contribution >= 4 is 40.3 Å². The van der Waals surface area contributed by atoms with E-state index < -0.39 is 50.2 Å². The van der Waals surface area contributed by atoms with Gasteiger partial charge in [-0.2, -0.15) is 0 Å². The van der Waals surface area contributed by atoms with E-state index in [0.717, 1.165) is 29.0 Å². The first-order valence-corrected chi connectivity index (χ1v) is 7.55. The number of fused-ring (bicyclic) bond motifs is 1. The average molecular weight is 404 g/mol. The fourth-order valence-corrected chi connectivity index (χ4v) is 2.93. The SMILES string of the molecule is O=C(O)Oc1cn(-c2ccc(F)cc2F)c2cc(Cl)c(F)c(Cl)c2c1=O. The monoisotopic (exact) mass is 403 g/mol. The molecule has 0 radical (unpaired) electrons. The Labute approximate surface area is 152 Å². The van der Waals surface area contributed by atoms with Crippen LogP contribution in [0.2, 0.25) is 10.0 Å². The third-order valence-electron chi connectivity index (χ3n) is 3.46. The Bertz CT molecular complexity index is 1130. The van der Waals surface area contributed by atoms with E-state index in [1.165, 1.54) is 0 Å². The van der Waals surface area contributed by atoms with E-state index in [1.54, 1.807) is 0 Å². The van der Waals surface area contributed by atoms with Gasteiger partial charge in [0.05, 0.1) is 32.8 Å². The van der Waals surface area contributed by atoms with Gasteiger partial charge in [-0.1, -0.05) is 23.2 Å². The van der Waals surface area contributed by atoms with E-state index in [0.29, 0.717) is 6.07 Å². The van der Waals surface area contributed by atoms with E-state index in [1.807, 2.05) is 0 Å². The number of halogens is 5. The second kappa shape index (κ2) is 6.54. The van der Waals surface area contributed by atoms with Gasteiger partial charge in [-0.25, -0.2) is 18.0 Å². The van der Waals surface area contributed by atoms with Crippen molar-refractivity contribution in [3.63, 3.8) is 0 Å². The lowest BCUT2D eigenvalue weighted by molar-refractivity contribution is 0.144. The van der Waals surface area contributed by atoms with Gasteiger partial charge in [0.1, 0.15) is 11.6 Å². The quantitative estimate of drug-likeness (QED) is 0.494. The molecule has 0 fully saturated rings. The number of nitrogens with zero attached hydrogens (tertiary/aromatic N) is 1. The zero-order valence-corrected chi connectivity index (χ0v) is 13.9. The molecule has 5 nitrogen and oxygen atoms in total. The molecule has 0 amide bonds. The summed E-state index contributed by atoms with van der Waals surface area (Å²) in [5.74, 6) is -3.76. The van der Waals surface area contributed by atoms with Crippen LogP contribution in [0.3, 0.4) is 0 Å². The maximum absolute atomic E-state index is 14.2. The molecular formula is C16H6Cl2F3NO4. The lowest BCUT2D eigenvalue weighted by Crippen LogP contribution is -2.17. The molecule has 0 aliphatic rings. The van der Waals surface area contributed by atoms with E-state index >= 15 is 0 Å². The normalized spacial score (nSPS) is 11.0. The van der Waals surface area contributed by atoms with Gasteiger partial charge in [-0.15, -0.1) is 0 Å². The van der Waals surface area contributed by atoms with Crippen molar-refractivity contribution in [3.05, 3.63) is 68.2 Å². The zero-order valence-electron chi connectivity index (χ0n) is 12.4. The molecule has 0 bridgehead atoms. The van der Waals surface area contributed by atoms with Gasteiger partial charge in [0.15, 0.2) is 11.6 Å². The Balaban J connectivity index is 2.50. The molecule has 3 aromatic rings. The van der Waals surface area contributed by atoms with Gasteiger partial charge in [0, 0.05) is 6.07 Å². The molecule has 0 unspecified atom stereocenters. The van der Waals surface area contributed by atoms with E-state index in [-0.39, 0.29) is 11.2 Å². The minimum absolute atomic E-state index is 0.130. The molecule has 0 spiro atoms. The van der Waals surface area contributed by atoms with Crippen LogP contribution >= 0.6 is 23.2 Å². The van der Waals surface area contributed by atoms with Crippen molar-refractivity contribution in [1.29, 1.82) is 0 Å². The summed E-state index contributed by atoms with van der Waals surface area (Å²) in [7, 11) is 0. The van der Waals surface area contributed by atoms with Gasteiger partial charge in [-0.3, -0.25) is 4.79 Å². The van der Waals surface area contributed by atoms with Crippen LogP contribution in [0.25, 0.3) is 16.6 Å². The summed E-state index contributed by atoms with van der Waals surface area (Å²) in [6.45, 7) is 0. The van der Waals surface area contributed by atoms with Crippen LogP contribution in [0.15, 0.2) is 35.3 Å². The molecule has 1 aromatic heterocycles. The van der Waals surface area contributed by atoms with Crippen LogP contribution in [0.4, 0.5) is 18.0 Å². The van der Waals surface area contributed by atoms with Crippen LogP contribution < -0.4 is 10.2 Å². The summed E-state index contributed by atoms with van der Waals surface area (Å²) < 4.78 is 46.7. The number of pyridine rings is 1. The van der Waals surface area contributed by atoms with Crippen molar-refractivity contribution in [1.82, 2.24) is 4.57 Å². The highest BCUT2D eigenvalue weighted by Crippen LogP contribution is 2.33. The number of ether oxygens (including phenoxy) is 1. The highest BCUT2D eigenvalue weighted by atomic mass is 35.5. The smallest absolute Gasteiger partial charge is 0.449 e. The Morgan fingerprint density at radius 1 is 1.15 bits per heavy atom. The number of benzene rings is 2. The molecule has 3 rings (SSSR count). The van der Waals surface area contributed by atoms with Crippen LogP contribution in [0.1, 0.15) is 0 Å². The van der Waals surface area contributed by atoms with Crippen LogP contribution in [-0.4, -0.2) is 15.8 Å². The first-order chi connectivity index (χ1) is 12.2. The standard InChI is InChI=1S/C16H6Cl2F3NO4/c17-7-4-10-12(13(18)14(7)21)15(23)11(26-16(24)25)5-22(10)9-2-1-6(19)3-8(9)20/h1-5H,(H,24,25). The van der Waals surface area contributed by atoms with Gasteiger partial charge in [0.25, 0.3) is 0 Å². The van der Waals surface area contributed by atoms with Gasteiger partial charge in [0.2, 0.25) is 5.43 Å². The summed E-state index contributed by atoms with van der Waals surface area (Å²) in [5.41, 5.74) is -1.44. The predicted molar refractivity (Wildman–Crippen MR) is 88.1 cm³/mol. The Hall–Kier alpha value is -2.71. The molecule has 10 heteroatoms. The molecule has 134 valence electrons. The zero-order chi connectivity index (χ0) is 19.2. The Kier molecular flexibility index (Phi) is 4.55. The molecule has 0 saturated carbocycles.